The molecule has 0 saturated carbocycles. The molecule has 20 heteroatoms. The van der Waals surface area contributed by atoms with Crippen molar-refractivity contribution in [3.05, 3.63) is 113 Å². The average molecular weight is 1040 g/mol. The predicted octanol–water partition coefficient (Wildman–Crippen LogP) is 9.48. The number of alkyl halides is 3. The summed E-state index contributed by atoms with van der Waals surface area (Å²) >= 11 is 7.12. The third kappa shape index (κ3) is 11.7. The Hall–Kier alpha value is -6.82. The minimum absolute atomic E-state index is 0.220. The van der Waals surface area contributed by atoms with Crippen molar-refractivity contribution in [1.82, 2.24) is 25.1 Å². The summed E-state index contributed by atoms with van der Waals surface area (Å²) in [5.41, 5.74) is 0.937. The number of anilines is 2. The summed E-state index contributed by atoms with van der Waals surface area (Å²) in [6.07, 6.45) is -1.30. The van der Waals surface area contributed by atoms with Crippen molar-refractivity contribution in [2.45, 2.75) is 97.6 Å². The van der Waals surface area contributed by atoms with Crippen molar-refractivity contribution in [2.24, 2.45) is 5.41 Å². The molecule has 384 valence electrons. The van der Waals surface area contributed by atoms with E-state index < -0.39 is 57.8 Å². The molecule has 2 atom stereocenters. The Labute approximate surface area is 430 Å². The Morgan fingerprint density at radius 3 is 2.29 bits per heavy atom. The number of hydrogen-bond acceptors (Lipinski definition) is 11. The highest BCUT2D eigenvalue weighted by Gasteiger charge is 2.52. The van der Waals surface area contributed by atoms with Crippen molar-refractivity contribution < 1.29 is 46.2 Å². The Bertz CT molecular complexity index is 2900. The number of ether oxygens (including phenoxy) is 2. The summed E-state index contributed by atoms with van der Waals surface area (Å²) in [4.78, 5) is 69.8. The number of thiazole rings is 1. The molecule has 3 aromatic carbocycles. The molecule has 14 nitrogen and oxygen atoms in total. The van der Waals surface area contributed by atoms with Crippen LogP contribution in [0, 0.1) is 29.5 Å². The van der Waals surface area contributed by atoms with Crippen molar-refractivity contribution >= 4 is 63.7 Å². The van der Waals surface area contributed by atoms with Crippen LogP contribution in [0.3, 0.4) is 0 Å². The van der Waals surface area contributed by atoms with Gasteiger partial charge in [-0.1, -0.05) is 45.0 Å². The van der Waals surface area contributed by atoms with Crippen LogP contribution in [0.1, 0.15) is 82.7 Å². The van der Waals surface area contributed by atoms with E-state index in [1.54, 1.807) is 47.5 Å². The smallest absolute Gasteiger partial charge is 0.420 e. The molecule has 2 aliphatic rings. The number of likely N-dealkylation sites (N-methyl/N-ethyl adjacent to an activating group) is 1. The first-order valence-electron chi connectivity index (χ1n) is 23.6. The third-order valence-corrected chi connectivity index (χ3v) is 14.2. The SMILES string of the molecule is Cc1ncsc1-c1ccc(CNC(=O)[C@@H]2CCCN2C(=O)C(N(C)C(=O)COCCCCOc2ccc(-c3ccc(N4C(=S)N(c5ccc(C#N)c(C(F)(F)F)c5F)C(=O)C4(C)C)cn3)cc2)C(C)(C)C)cc1. The molecule has 0 aliphatic carbocycles. The zero-order valence-corrected chi connectivity index (χ0v) is 43.1. The molecule has 0 spiro atoms. The van der Waals surface area contributed by atoms with E-state index in [9.17, 15) is 37.6 Å². The monoisotopic (exact) mass is 1040 g/mol. The van der Waals surface area contributed by atoms with Crippen LogP contribution in [-0.2, 0) is 36.6 Å². The maximum atomic E-state index is 15.4. The molecule has 1 N–H and O–H groups in total. The molecular weight excluding hydrogens is 985 g/mol. The van der Waals surface area contributed by atoms with E-state index in [0.717, 1.165) is 39.4 Å². The lowest BCUT2D eigenvalue weighted by atomic mass is 9.84. The van der Waals surface area contributed by atoms with Crippen molar-refractivity contribution in [3.8, 4) is 33.5 Å². The zero-order chi connectivity index (χ0) is 53.0. The van der Waals surface area contributed by atoms with Gasteiger partial charge in [0.15, 0.2) is 10.9 Å². The number of carbonyl (C=O) groups excluding carboxylic acids is 4. The molecule has 0 bridgehead atoms. The van der Waals surface area contributed by atoms with Crippen LogP contribution < -0.4 is 19.9 Å². The lowest BCUT2D eigenvalue weighted by molar-refractivity contribution is -0.153. The Balaban J connectivity index is 0.853. The number of nitrogens with one attached hydrogen (secondary N) is 1. The molecule has 7 rings (SSSR count). The molecule has 4 amide bonds. The molecule has 2 aliphatic heterocycles. The first kappa shape index (κ1) is 54.0. The number of rotatable bonds is 17. The Morgan fingerprint density at radius 1 is 0.986 bits per heavy atom. The minimum Gasteiger partial charge on any atom is -0.494 e. The first-order valence-corrected chi connectivity index (χ1v) is 24.9. The number of likely N-dealkylation sites (tertiary alicyclic amines) is 1. The Kier molecular flexibility index (Phi) is 16.3. The number of aromatic nitrogens is 2. The predicted molar refractivity (Wildman–Crippen MR) is 273 cm³/mol. The van der Waals surface area contributed by atoms with Crippen LogP contribution in [0.4, 0.5) is 28.9 Å². The molecule has 5 aromatic rings. The topological polar surface area (TPSA) is 161 Å². The van der Waals surface area contributed by atoms with E-state index in [1.807, 2.05) is 69.6 Å². The quantitative estimate of drug-likeness (QED) is 0.0537. The van der Waals surface area contributed by atoms with Gasteiger partial charge in [0.1, 0.15) is 35.5 Å². The number of halogens is 4. The second-order valence-electron chi connectivity index (χ2n) is 19.4. The molecule has 73 heavy (non-hydrogen) atoms. The van der Waals surface area contributed by atoms with Gasteiger partial charge in [0.25, 0.3) is 5.91 Å². The van der Waals surface area contributed by atoms with Gasteiger partial charge in [-0.05, 0) is 124 Å². The first-order chi connectivity index (χ1) is 34.5. The largest absolute Gasteiger partial charge is 0.494 e. The normalized spacial score (nSPS) is 16.1. The second kappa shape index (κ2) is 22.1. The van der Waals surface area contributed by atoms with Crippen LogP contribution >= 0.6 is 23.6 Å². The minimum atomic E-state index is -5.20. The van der Waals surface area contributed by atoms with Crippen LogP contribution in [-0.4, -0.2) is 99.5 Å². The van der Waals surface area contributed by atoms with Crippen LogP contribution in [0.2, 0.25) is 0 Å². The lowest BCUT2D eigenvalue weighted by Gasteiger charge is -2.40. The summed E-state index contributed by atoms with van der Waals surface area (Å²) in [5.74, 6) is -2.80. The molecule has 2 aromatic heterocycles. The number of unbranched alkanes of at least 4 members (excludes halogenated alkanes) is 1. The van der Waals surface area contributed by atoms with Crippen LogP contribution in [0.5, 0.6) is 5.75 Å². The number of amides is 4. The van der Waals surface area contributed by atoms with E-state index in [1.165, 1.54) is 35.9 Å². The highest BCUT2D eigenvalue weighted by Crippen LogP contribution is 2.42. The summed E-state index contributed by atoms with van der Waals surface area (Å²) in [7, 11) is 1.60. The molecule has 0 radical (unpaired) electrons. The van der Waals surface area contributed by atoms with Gasteiger partial charge < -0.3 is 29.5 Å². The maximum Gasteiger partial charge on any atom is 0.420 e. The van der Waals surface area contributed by atoms with Crippen LogP contribution in [0.15, 0.2) is 84.5 Å². The number of hydrogen-bond donors (Lipinski definition) is 1. The summed E-state index contributed by atoms with van der Waals surface area (Å²) in [6.45, 7) is 11.9. The second-order valence-corrected chi connectivity index (χ2v) is 20.6. The van der Waals surface area contributed by atoms with E-state index in [-0.39, 0.29) is 36.0 Å². The van der Waals surface area contributed by atoms with Crippen molar-refractivity contribution in [1.29, 1.82) is 5.26 Å². The van der Waals surface area contributed by atoms with Gasteiger partial charge in [-0.3, -0.25) is 29.1 Å². The highest BCUT2D eigenvalue weighted by molar-refractivity contribution is 7.81. The number of aryl methyl sites for hydroxylation is 1. The van der Waals surface area contributed by atoms with E-state index in [2.05, 4.69) is 15.3 Å². The number of nitriles is 1. The van der Waals surface area contributed by atoms with Gasteiger partial charge in [0.05, 0.1) is 57.6 Å². The van der Waals surface area contributed by atoms with Crippen LogP contribution in [0.25, 0.3) is 21.7 Å². The molecular formula is C53H56F4N8O6S2. The molecule has 2 fully saturated rings. The van der Waals surface area contributed by atoms with Gasteiger partial charge >= 0.3 is 6.18 Å². The highest BCUT2D eigenvalue weighted by atomic mass is 32.1. The average Bonchev–Trinajstić information content (AvgIpc) is 4.06. The van der Waals surface area contributed by atoms with E-state index >= 15 is 4.39 Å². The number of nitrogens with zero attached hydrogens (tertiary/aromatic N) is 7. The zero-order valence-electron chi connectivity index (χ0n) is 41.5. The fourth-order valence-corrected chi connectivity index (χ4v) is 10.4. The fraction of sp³-hybridized carbons (Fsp3) is 0.396. The van der Waals surface area contributed by atoms with Gasteiger partial charge in [0, 0.05) is 32.3 Å². The summed E-state index contributed by atoms with van der Waals surface area (Å²) < 4.78 is 68.5. The van der Waals surface area contributed by atoms with Crippen molar-refractivity contribution in [2.75, 3.05) is 43.2 Å². The van der Waals surface area contributed by atoms with E-state index in [4.69, 9.17) is 21.7 Å². The van der Waals surface area contributed by atoms with Gasteiger partial charge in [-0.15, -0.1) is 11.3 Å². The number of thiocarbonyl (C=S) groups is 1. The number of carbonyl (C=O) groups is 4. The van der Waals surface area contributed by atoms with Crippen molar-refractivity contribution in [3.63, 3.8) is 0 Å². The van der Waals surface area contributed by atoms with Gasteiger partial charge in [-0.2, -0.15) is 18.4 Å². The molecule has 2 saturated heterocycles. The van der Waals surface area contributed by atoms with Gasteiger partial charge in [-0.25, -0.2) is 9.37 Å². The maximum absolute atomic E-state index is 15.4. The summed E-state index contributed by atoms with van der Waals surface area (Å²) in [6, 6.07) is 20.1. The standard InChI is InChI=1S/C53H56F4N8O6S2/c1-32-45(73-31-61-32)35-14-12-33(13-15-35)28-60-47(67)41-11-10-24-63(41)48(68)46(51(2,3)4)62(7)42(66)30-70-25-8-9-26-71-38-20-16-34(17-21-38)39-22-19-37(29-59-39)65-50(72)64(49(69)52(65,5)6)40-23-18-36(27-58)43(44(40)54)53(55,56)57/h12-23,29,31,41,46H,8-11,24-26,28,30H2,1-7H3,(H,60,67)/t41-,46?/m0/s1. The number of benzene rings is 3. The third-order valence-electron chi connectivity index (χ3n) is 12.9. The molecule has 4 heterocycles. The molecule has 1 unspecified atom stereocenters. The lowest BCUT2D eigenvalue weighted by Crippen LogP contribution is -2.58. The number of pyridine rings is 1. The van der Waals surface area contributed by atoms with Gasteiger partial charge in [0.2, 0.25) is 17.7 Å². The summed E-state index contributed by atoms with van der Waals surface area (Å²) in [5, 5.41) is 11.9. The Morgan fingerprint density at radius 2 is 1.67 bits per heavy atom. The van der Waals surface area contributed by atoms with E-state index in [0.29, 0.717) is 67.4 Å². The fourth-order valence-electron chi connectivity index (χ4n) is 9.10.